The first-order valence-corrected chi connectivity index (χ1v) is 13.8. The Hall–Kier alpha value is -4.63. The van der Waals surface area contributed by atoms with Crippen molar-refractivity contribution in [2.24, 2.45) is 4.99 Å². The van der Waals surface area contributed by atoms with E-state index in [-0.39, 0.29) is 11.5 Å². The quantitative estimate of drug-likeness (QED) is 0.389. The molecule has 0 spiro atoms. The number of carbonyl (C=O) groups excluding carboxylic acids is 1. The van der Waals surface area contributed by atoms with Gasteiger partial charge in [0, 0.05) is 5.69 Å². The molecule has 0 aliphatic carbocycles. The molecule has 1 atom stereocenters. The molecule has 0 saturated carbocycles. The number of aromatic nitrogens is 1. The summed E-state index contributed by atoms with van der Waals surface area (Å²) in [5.41, 5.74) is 2.99. The van der Waals surface area contributed by atoms with Crippen LogP contribution in [0.25, 0.3) is 6.08 Å². The van der Waals surface area contributed by atoms with Crippen LogP contribution in [0.2, 0.25) is 0 Å². The lowest BCUT2D eigenvalue weighted by Gasteiger charge is -2.25. The van der Waals surface area contributed by atoms with Crippen LogP contribution in [0.15, 0.2) is 93.9 Å². The second kappa shape index (κ2) is 10.9. The van der Waals surface area contributed by atoms with E-state index in [1.165, 1.54) is 11.3 Å². The van der Waals surface area contributed by atoms with Crippen molar-refractivity contribution >= 4 is 29.0 Å². The number of fused-ring (bicyclic) bond motifs is 2. The molecule has 202 valence electrons. The van der Waals surface area contributed by atoms with Crippen molar-refractivity contribution in [2.75, 3.05) is 25.1 Å². The summed E-state index contributed by atoms with van der Waals surface area (Å²) in [6.45, 7) is 5.26. The first-order chi connectivity index (χ1) is 19.5. The van der Waals surface area contributed by atoms with Gasteiger partial charge in [-0.2, -0.15) is 0 Å². The average molecular weight is 554 g/mol. The lowest BCUT2D eigenvalue weighted by molar-refractivity contribution is -0.113. The summed E-state index contributed by atoms with van der Waals surface area (Å²) in [5.74, 6) is 1.74. The molecule has 4 aromatic rings. The molecule has 1 amide bonds. The maximum atomic E-state index is 13.9. The van der Waals surface area contributed by atoms with E-state index in [1.807, 2.05) is 85.8 Å². The Kier molecular flexibility index (Phi) is 6.96. The number of hydrogen-bond acceptors (Lipinski definition) is 7. The third kappa shape index (κ3) is 4.91. The van der Waals surface area contributed by atoms with Gasteiger partial charge < -0.3 is 19.5 Å². The normalized spacial score (nSPS) is 16.2. The molecule has 2 aliphatic heterocycles. The molecule has 3 aromatic carbocycles. The second-order valence-corrected chi connectivity index (χ2v) is 10.3. The highest BCUT2D eigenvalue weighted by Gasteiger charge is 2.32. The van der Waals surface area contributed by atoms with Crippen molar-refractivity contribution in [1.82, 2.24) is 4.57 Å². The van der Waals surface area contributed by atoms with E-state index in [1.54, 1.807) is 11.5 Å². The molecular formula is C31H27N3O5S. The standard InChI is InChI=1S/C31H27N3O5S/c1-3-37-23-12-10-21(11-13-23)28-27(29(35)33-22-7-5-4-6-8-22)19(2)32-31-34(28)30(36)26(40-31)18-20-9-14-24-25(17-20)39-16-15-38-24/h4-14,17-18,28H,3,15-16H2,1-2H3,(H,33,35)/b26-18-/t28-/m0/s1. The molecular weight excluding hydrogens is 526 g/mol. The Morgan fingerprint density at radius 1 is 1.07 bits per heavy atom. The molecule has 8 nitrogen and oxygen atoms in total. The number of allylic oxidation sites excluding steroid dienone is 1. The van der Waals surface area contributed by atoms with Gasteiger partial charge in [-0.25, -0.2) is 4.99 Å². The average Bonchev–Trinajstić information content (AvgIpc) is 3.27. The zero-order valence-corrected chi connectivity index (χ0v) is 22.9. The zero-order valence-electron chi connectivity index (χ0n) is 22.0. The van der Waals surface area contributed by atoms with E-state index >= 15 is 0 Å². The number of nitrogens with zero attached hydrogens (tertiary/aromatic N) is 2. The highest BCUT2D eigenvalue weighted by Crippen LogP contribution is 2.33. The molecule has 1 N–H and O–H groups in total. The van der Waals surface area contributed by atoms with E-state index in [0.717, 1.165) is 11.1 Å². The number of benzene rings is 3. The van der Waals surface area contributed by atoms with Gasteiger partial charge >= 0.3 is 0 Å². The van der Waals surface area contributed by atoms with Crippen LogP contribution in [0.3, 0.4) is 0 Å². The fourth-order valence-corrected chi connectivity index (χ4v) is 5.91. The molecule has 0 fully saturated rings. The molecule has 40 heavy (non-hydrogen) atoms. The first-order valence-electron chi connectivity index (χ1n) is 13.0. The van der Waals surface area contributed by atoms with Crippen molar-refractivity contribution in [3.63, 3.8) is 0 Å². The van der Waals surface area contributed by atoms with Crippen molar-refractivity contribution in [1.29, 1.82) is 0 Å². The van der Waals surface area contributed by atoms with E-state index in [9.17, 15) is 9.59 Å². The summed E-state index contributed by atoms with van der Waals surface area (Å²) in [6.07, 6.45) is 1.82. The fraction of sp³-hybridized carbons (Fsp3) is 0.194. The Morgan fingerprint density at radius 2 is 1.82 bits per heavy atom. The topological polar surface area (TPSA) is 91.2 Å². The van der Waals surface area contributed by atoms with Crippen LogP contribution in [0.4, 0.5) is 5.69 Å². The van der Waals surface area contributed by atoms with Gasteiger partial charge in [0.1, 0.15) is 19.0 Å². The summed E-state index contributed by atoms with van der Waals surface area (Å²) in [6, 6.07) is 21.7. The first kappa shape index (κ1) is 25.6. The smallest absolute Gasteiger partial charge is 0.271 e. The summed E-state index contributed by atoms with van der Waals surface area (Å²) in [4.78, 5) is 32.9. The van der Waals surface area contributed by atoms with Crippen LogP contribution >= 0.6 is 11.3 Å². The van der Waals surface area contributed by atoms with Crippen LogP contribution in [0, 0.1) is 0 Å². The van der Waals surface area contributed by atoms with Gasteiger partial charge in [0.05, 0.1) is 28.5 Å². The molecule has 0 radical (unpaired) electrons. The second-order valence-electron chi connectivity index (χ2n) is 9.31. The number of amides is 1. The Labute approximate surface area is 234 Å². The summed E-state index contributed by atoms with van der Waals surface area (Å²) in [5, 5.41) is 2.97. The minimum Gasteiger partial charge on any atom is -0.494 e. The van der Waals surface area contributed by atoms with Gasteiger partial charge in [-0.3, -0.25) is 14.2 Å². The van der Waals surface area contributed by atoms with Gasteiger partial charge in [0.15, 0.2) is 16.3 Å². The number of ether oxygens (including phenoxy) is 3. The van der Waals surface area contributed by atoms with E-state index in [2.05, 4.69) is 5.32 Å². The largest absolute Gasteiger partial charge is 0.494 e. The van der Waals surface area contributed by atoms with Gasteiger partial charge in [0.2, 0.25) is 0 Å². The number of thiazole rings is 1. The van der Waals surface area contributed by atoms with Crippen molar-refractivity contribution in [3.05, 3.63) is 115 Å². The number of carbonyl (C=O) groups is 1. The van der Waals surface area contributed by atoms with Crippen molar-refractivity contribution in [2.45, 2.75) is 19.9 Å². The van der Waals surface area contributed by atoms with Crippen molar-refractivity contribution < 1.29 is 19.0 Å². The highest BCUT2D eigenvalue weighted by atomic mass is 32.1. The Morgan fingerprint density at radius 3 is 2.58 bits per heavy atom. The molecule has 0 bridgehead atoms. The fourth-order valence-electron chi connectivity index (χ4n) is 4.86. The molecule has 9 heteroatoms. The lowest BCUT2D eigenvalue weighted by atomic mass is 9.95. The lowest BCUT2D eigenvalue weighted by Crippen LogP contribution is -2.40. The third-order valence-corrected chi connectivity index (χ3v) is 7.65. The summed E-state index contributed by atoms with van der Waals surface area (Å²) >= 11 is 1.29. The number of nitrogens with one attached hydrogen (secondary N) is 1. The monoisotopic (exact) mass is 553 g/mol. The van der Waals surface area contributed by atoms with Crippen LogP contribution in [0.5, 0.6) is 17.2 Å². The molecule has 0 saturated heterocycles. The molecule has 3 heterocycles. The van der Waals surface area contributed by atoms with Crippen LogP contribution in [-0.4, -0.2) is 30.3 Å². The minimum absolute atomic E-state index is 0.227. The van der Waals surface area contributed by atoms with Crippen LogP contribution < -0.4 is 34.4 Å². The van der Waals surface area contributed by atoms with Gasteiger partial charge in [-0.1, -0.05) is 47.7 Å². The molecule has 2 aliphatic rings. The van der Waals surface area contributed by atoms with E-state index < -0.39 is 6.04 Å². The van der Waals surface area contributed by atoms with Gasteiger partial charge in [-0.05, 0) is 67.4 Å². The Balaban J connectivity index is 1.47. The molecule has 1 aromatic heterocycles. The predicted octanol–water partition coefficient (Wildman–Crippen LogP) is 4.04. The van der Waals surface area contributed by atoms with E-state index in [0.29, 0.717) is 63.4 Å². The maximum absolute atomic E-state index is 13.9. The minimum atomic E-state index is -0.668. The number of hydrogen-bond donors (Lipinski definition) is 1. The number of para-hydroxylation sites is 1. The molecule has 6 rings (SSSR count). The SMILES string of the molecule is CCOc1ccc([C@H]2C(C(=O)Nc3ccccc3)=C(C)N=c3s/c(=C\c4ccc5c(c4)OCCO5)c(=O)n32)cc1. The van der Waals surface area contributed by atoms with Crippen LogP contribution in [0.1, 0.15) is 31.0 Å². The van der Waals surface area contributed by atoms with E-state index in [4.69, 9.17) is 19.2 Å². The van der Waals surface area contributed by atoms with Gasteiger partial charge in [0.25, 0.3) is 11.5 Å². The summed E-state index contributed by atoms with van der Waals surface area (Å²) < 4.78 is 19.1. The van der Waals surface area contributed by atoms with Crippen molar-refractivity contribution in [3.8, 4) is 17.2 Å². The third-order valence-electron chi connectivity index (χ3n) is 6.67. The summed E-state index contributed by atoms with van der Waals surface area (Å²) in [7, 11) is 0. The maximum Gasteiger partial charge on any atom is 0.271 e. The van der Waals surface area contributed by atoms with Crippen LogP contribution in [-0.2, 0) is 4.79 Å². The number of rotatable bonds is 6. The predicted molar refractivity (Wildman–Crippen MR) is 154 cm³/mol. The number of anilines is 1. The highest BCUT2D eigenvalue weighted by molar-refractivity contribution is 7.07. The van der Waals surface area contributed by atoms with Gasteiger partial charge in [-0.15, -0.1) is 0 Å². The molecule has 0 unspecified atom stereocenters. The Bertz CT molecular complexity index is 1790. The zero-order chi connectivity index (χ0) is 27.6.